The Labute approximate surface area is 141 Å². The topological polar surface area (TPSA) is 24.1 Å². The number of hydrogen-bond acceptors (Lipinski definition) is 2. The van der Waals surface area contributed by atoms with Crippen LogP contribution in [0.25, 0.3) is 21.5 Å². The Kier molecular flexibility index (Phi) is 2.83. The smallest absolute Gasteiger partial charge is 0.405 e. The van der Waals surface area contributed by atoms with Gasteiger partial charge in [-0.2, -0.15) is 0 Å². The number of benzene rings is 4. The molecule has 0 aliphatic carbocycles. The Morgan fingerprint density at radius 2 is 1.33 bits per heavy atom. The number of fused-ring (bicyclic) bond motifs is 1. The maximum atomic E-state index is 3.68. The molecule has 0 spiro atoms. The van der Waals surface area contributed by atoms with E-state index in [4.69, 9.17) is 0 Å². The van der Waals surface area contributed by atoms with Crippen LogP contribution in [0.5, 0.6) is 0 Å². The quantitative estimate of drug-likeness (QED) is 0.505. The average Bonchev–Trinajstić information content (AvgIpc) is 2.63. The molecule has 0 aromatic heterocycles. The second-order valence-corrected chi connectivity index (χ2v) is 6.45. The minimum Gasteiger partial charge on any atom is -0.405 e. The first-order valence-electron chi connectivity index (χ1n) is 8.34. The number of rotatable bonds is 1. The zero-order chi connectivity index (χ0) is 16.1. The number of anilines is 2. The third-order valence-electron chi connectivity index (χ3n) is 4.99. The fraction of sp³-hybridized carbons (Fsp3) is 0.0476. The van der Waals surface area contributed by atoms with Gasteiger partial charge in [0, 0.05) is 16.8 Å². The molecule has 2 nitrogen and oxygen atoms in total. The number of hydrogen-bond donors (Lipinski definition) is 2. The average molecular weight is 308 g/mol. The van der Waals surface area contributed by atoms with E-state index >= 15 is 0 Å². The van der Waals surface area contributed by atoms with E-state index in [-0.39, 0.29) is 6.98 Å². The van der Waals surface area contributed by atoms with Gasteiger partial charge in [0.15, 0.2) is 0 Å². The third-order valence-corrected chi connectivity index (χ3v) is 4.99. The Hall–Kier alpha value is -2.94. The summed E-state index contributed by atoms with van der Waals surface area (Å²) in [5.41, 5.74) is 4.98. The Morgan fingerprint density at radius 1 is 0.667 bits per heavy atom. The normalized spacial score (nSPS) is 13.0. The fourth-order valence-electron chi connectivity index (χ4n) is 3.81. The highest BCUT2D eigenvalue weighted by Crippen LogP contribution is 2.34. The zero-order valence-corrected chi connectivity index (χ0v) is 13.5. The summed E-state index contributed by atoms with van der Waals surface area (Å²) in [6.45, 7) is 2.24. The molecule has 24 heavy (non-hydrogen) atoms. The molecule has 2 N–H and O–H groups in total. The summed E-state index contributed by atoms with van der Waals surface area (Å²) in [6.07, 6.45) is 0. The molecule has 114 valence electrons. The molecule has 0 fully saturated rings. The van der Waals surface area contributed by atoms with Crippen molar-refractivity contribution in [3.8, 4) is 0 Å². The monoisotopic (exact) mass is 308 g/mol. The van der Waals surface area contributed by atoms with E-state index in [0.29, 0.717) is 0 Å². The molecule has 0 atom stereocenters. The lowest BCUT2D eigenvalue weighted by Gasteiger charge is -2.27. The molecule has 0 bridgehead atoms. The molecule has 3 heteroatoms. The van der Waals surface area contributed by atoms with Crippen molar-refractivity contribution in [1.29, 1.82) is 0 Å². The summed E-state index contributed by atoms with van der Waals surface area (Å²) in [6, 6.07) is 26.0. The van der Waals surface area contributed by atoms with Crippen LogP contribution >= 0.6 is 0 Å². The first-order chi connectivity index (χ1) is 11.8. The minimum absolute atomic E-state index is 0.0657. The van der Waals surface area contributed by atoms with E-state index < -0.39 is 0 Å². The van der Waals surface area contributed by atoms with Crippen LogP contribution in [0.4, 0.5) is 11.4 Å². The number of aryl methyl sites for hydroxylation is 1. The van der Waals surface area contributed by atoms with Gasteiger partial charge in [0.25, 0.3) is 0 Å². The van der Waals surface area contributed by atoms with Crippen LogP contribution in [0.2, 0.25) is 0 Å². The second-order valence-electron chi connectivity index (χ2n) is 6.45. The minimum atomic E-state index is 0.0657. The van der Waals surface area contributed by atoms with Crippen molar-refractivity contribution < 1.29 is 0 Å². The predicted octanol–water partition coefficient (Wildman–Crippen LogP) is 4.53. The van der Waals surface area contributed by atoms with Crippen molar-refractivity contribution in [1.82, 2.24) is 0 Å². The molecule has 1 aliphatic rings. The summed E-state index contributed by atoms with van der Waals surface area (Å²) >= 11 is 0. The molecule has 4 aromatic carbocycles. The standard InChI is InChI=1S/C21H17BN2/c1-14-12-13-18(17-9-3-2-8-16(14)17)22-23-19-10-4-6-15-7-5-11-20(24-22)21(15)19/h2-13,23-24H,1H3. The molecule has 0 radical (unpaired) electrons. The highest BCUT2D eigenvalue weighted by atomic mass is 15.0. The van der Waals surface area contributed by atoms with Gasteiger partial charge in [-0.1, -0.05) is 60.7 Å². The molecule has 1 heterocycles. The van der Waals surface area contributed by atoms with Crippen molar-refractivity contribution in [2.45, 2.75) is 6.92 Å². The van der Waals surface area contributed by atoms with E-state index in [0.717, 1.165) is 0 Å². The summed E-state index contributed by atoms with van der Waals surface area (Å²) < 4.78 is 0. The van der Waals surface area contributed by atoms with Crippen LogP contribution in [0.15, 0.2) is 72.8 Å². The first-order valence-corrected chi connectivity index (χ1v) is 8.34. The largest absolute Gasteiger partial charge is 0.406 e. The van der Waals surface area contributed by atoms with Crippen LogP contribution in [0, 0.1) is 6.92 Å². The Balaban J connectivity index is 1.69. The predicted molar refractivity (Wildman–Crippen MR) is 105 cm³/mol. The second kappa shape index (κ2) is 5.03. The van der Waals surface area contributed by atoms with Gasteiger partial charge in [-0.3, -0.25) is 0 Å². The van der Waals surface area contributed by atoms with Crippen molar-refractivity contribution in [2.75, 3.05) is 10.5 Å². The van der Waals surface area contributed by atoms with Crippen LogP contribution in [0.1, 0.15) is 5.56 Å². The molecular formula is C21H17BN2. The van der Waals surface area contributed by atoms with Gasteiger partial charge in [-0.25, -0.2) is 0 Å². The van der Waals surface area contributed by atoms with Crippen LogP contribution in [0.3, 0.4) is 0 Å². The van der Waals surface area contributed by atoms with Gasteiger partial charge in [0.2, 0.25) is 0 Å². The van der Waals surface area contributed by atoms with Crippen molar-refractivity contribution in [2.24, 2.45) is 0 Å². The maximum Gasteiger partial charge on any atom is 0.406 e. The Morgan fingerprint density at radius 3 is 2.04 bits per heavy atom. The van der Waals surface area contributed by atoms with E-state index in [1.165, 1.54) is 43.9 Å². The van der Waals surface area contributed by atoms with Gasteiger partial charge in [0.1, 0.15) is 0 Å². The fourth-order valence-corrected chi connectivity index (χ4v) is 3.81. The lowest BCUT2D eigenvalue weighted by molar-refractivity contribution is 1.53. The zero-order valence-electron chi connectivity index (χ0n) is 13.5. The summed E-state index contributed by atoms with van der Waals surface area (Å²) in [7, 11) is 0. The lowest BCUT2D eigenvalue weighted by Crippen LogP contribution is -2.48. The molecule has 5 rings (SSSR count). The van der Waals surface area contributed by atoms with E-state index in [1.807, 2.05) is 0 Å². The summed E-state index contributed by atoms with van der Waals surface area (Å²) in [5.74, 6) is 0. The summed E-state index contributed by atoms with van der Waals surface area (Å²) in [4.78, 5) is 0. The maximum absolute atomic E-state index is 3.68. The third kappa shape index (κ3) is 1.91. The molecule has 0 saturated heterocycles. The molecule has 4 aromatic rings. The van der Waals surface area contributed by atoms with Crippen LogP contribution < -0.4 is 15.9 Å². The number of nitrogens with one attached hydrogen (secondary N) is 2. The molecule has 0 unspecified atom stereocenters. The Bertz CT molecular complexity index is 1050. The van der Waals surface area contributed by atoms with E-state index in [1.54, 1.807) is 0 Å². The van der Waals surface area contributed by atoms with Crippen molar-refractivity contribution in [3.05, 3.63) is 78.4 Å². The van der Waals surface area contributed by atoms with E-state index in [9.17, 15) is 0 Å². The van der Waals surface area contributed by atoms with Crippen molar-refractivity contribution >= 4 is 45.4 Å². The molecule has 0 saturated carbocycles. The van der Waals surface area contributed by atoms with Gasteiger partial charge in [-0.05, 0) is 46.2 Å². The van der Waals surface area contributed by atoms with Crippen LogP contribution in [-0.4, -0.2) is 6.98 Å². The highest BCUT2D eigenvalue weighted by Gasteiger charge is 2.26. The molecular weight excluding hydrogens is 291 g/mol. The molecule has 0 amide bonds. The van der Waals surface area contributed by atoms with Gasteiger partial charge >= 0.3 is 6.98 Å². The first kappa shape index (κ1) is 13.5. The van der Waals surface area contributed by atoms with Gasteiger partial charge in [0.05, 0.1) is 0 Å². The lowest BCUT2D eigenvalue weighted by atomic mass is 9.64. The van der Waals surface area contributed by atoms with Crippen LogP contribution in [-0.2, 0) is 0 Å². The highest BCUT2D eigenvalue weighted by molar-refractivity contribution is 6.82. The van der Waals surface area contributed by atoms with Crippen molar-refractivity contribution in [3.63, 3.8) is 0 Å². The molecule has 1 aliphatic heterocycles. The SMILES string of the molecule is Cc1ccc(B2Nc3cccc4cccc(c34)N2)c2ccccc12. The van der Waals surface area contributed by atoms with E-state index in [2.05, 4.69) is 90.2 Å². The summed E-state index contributed by atoms with van der Waals surface area (Å²) in [5, 5.41) is 12.5. The van der Waals surface area contributed by atoms with Gasteiger partial charge in [-0.15, -0.1) is 0 Å². The van der Waals surface area contributed by atoms with Gasteiger partial charge < -0.3 is 10.5 Å².